The van der Waals surface area contributed by atoms with Crippen molar-refractivity contribution >= 4 is 51.0 Å². The third-order valence-electron chi connectivity index (χ3n) is 4.64. The standard InChI is InChI=1S/C20H17BrCl2N4O3/c1-2-29-17-7-11(16-8-18(28)26-20-24-10-25-27(16)20)6-13(21)19(17)30-9-12-14(22)4-3-5-15(12)23/h3-7,10,16H,2,8-9H2,1H3,(H,24,25,26,28)/t16-/m0/s1. The van der Waals surface area contributed by atoms with Crippen molar-refractivity contribution in [2.45, 2.75) is 26.0 Å². The number of amides is 1. The van der Waals surface area contributed by atoms with Crippen molar-refractivity contribution in [2.75, 3.05) is 11.9 Å². The van der Waals surface area contributed by atoms with Crippen LogP contribution >= 0.6 is 39.1 Å². The number of halogens is 3. The first-order chi connectivity index (χ1) is 14.5. The van der Waals surface area contributed by atoms with Crippen molar-refractivity contribution in [1.29, 1.82) is 0 Å². The number of nitrogens with zero attached hydrogens (tertiary/aromatic N) is 3. The molecule has 10 heteroatoms. The summed E-state index contributed by atoms with van der Waals surface area (Å²) in [5, 5.41) is 8.01. The zero-order chi connectivity index (χ0) is 21.3. The molecule has 4 rings (SSSR count). The van der Waals surface area contributed by atoms with Gasteiger partial charge in [-0.25, -0.2) is 4.68 Å². The number of rotatable bonds is 6. The Bertz CT molecular complexity index is 1090. The summed E-state index contributed by atoms with van der Waals surface area (Å²) in [5.41, 5.74) is 1.53. The average Bonchev–Trinajstić information content (AvgIpc) is 3.17. The van der Waals surface area contributed by atoms with Gasteiger partial charge in [0.05, 0.1) is 23.5 Å². The van der Waals surface area contributed by atoms with Crippen molar-refractivity contribution < 1.29 is 14.3 Å². The number of benzene rings is 2. The average molecular weight is 512 g/mol. The Morgan fingerprint density at radius 3 is 2.77 bits per heavy atom. The second kappa shape index (κ2) is 8.83. The van der Waals surface area contributed by atoms with E-state index in [1.165, 1.54) is 6.33 Å². The van der Waals surface area contributed by atoms with Gasteiger partial charge in [0.2, 0.25) is 11.9 Å². The topological polar surface area (TPSA) is 78.3 Å². The van der Waals surface area contributed by atoms with Gasteiger partial charge in [0.1, 0.15) is 12.9 Å². The van der Waals surface area contributed by atoms with Crippen molar-refractivity contribution in [1.82, 2.24) is 14.8 Å². The normalized spacial score (nSPS) is 15.5. The molecule has 0 aliphatic carbocycles. The molecule has 1 aliphatic rings. The predicted octanol–water partition coefficient (Wildman–Crippen LogP) is 5.26. The fourth-order valence-corrected chi connectivity index (χ4v) is 4.34. The fraction of sp³-hybridized carbons (Fsp3) is 0.250. The van der Waals surface area contributed by atoms with E-state index in [-0.39, 0.29) is 25.0 Å². The molecular weight excluding hydrogens is 495 g/mol. The minimum atomic E-state index is -0.307. The zero-order valence-corrected chi connectivity index (χ0v) is 19.0. The van der Waals surface area contributed by atoms with Crippen LogP contribution in [0.25, 0.3) is 0 Å². The predicted molar refractivity (Wildman–Crippen MR) is 118 cm³/mol. The lowest BCUT2D eigenvalue weighted by Gasteiger charge is -2.25. The van der Waals surface area contributed by atoms with Crippen LogP contribution in [-0.4, -0.2) is 27.3 Å². The summed E-state index contributed by atoms with van der Waals surface area (Å²) in [5.74, 6) is 1.36. The highest BCUT2D eigenvalue weighted by Crippen LogP contribution is 2.41. The molecule has 1 aliphatic heterocycles. The lowest BCUT2D eigenvalue weighted by Crippen LogP contribution is -2.29. The molecule has 2 heterocycles. The molecular formula is C20H17BrCl2N4O3. The van der Waals surface area contributed by atoms with Gasteiger partial charge in [-0.3, -0.25) is 10.1 Å². The molecule has 2 aromatic carbocycles. The van der Waals surface area contributed by atoms with Crippen LogP contribution in [0.3, 0.4) is 0 Å². The molecule has 0 unspecified atom stereocenters. The maximum absolute atomic E-state index is 12.1. The van der Waals surface area contributed by atoms with E-state index in [1.807, 2.05) is 19.1 Å². The summed E-state index contributed by atoms with van der Waals surface area (Å²) >= 11 is 16.1. The number of carbonyl (C=O) groups is 1. The summed E-state index contributed by atoms with van der Waals surface area (Å²) in [6.45, 7) is 2.51. The first-order valence-corrected chi connectivity index (χ1v) is 10.7. The summed E-state index contributed by atoms with van der Waals surface area (Å²) < 4.78 is 14.2. The largest absolute Gasteiger partial charge is 0.490 e. The molecule has 0 fully saturated rings. The smallest absolute Gasteiger partial charge is 0.229 e. The second-order valence-electron chi connectivity index (χ2n) is 6.55. The van der Waals surface area contributed by atoms with E-state index in [4.69, 9.17) is 32.7 Å². The van der Waals surface area contributed by atoms with Crippen LogP contribution in [0.2, 0.25) is 10.0 Å². The van der Waals surface area contributed by atoms with E-state index in [0.29, 0.717) is 44.1 Å². The molecule has 3 aromatic rings. The van der Waals surface area contributed by atoms with Crippen LogP contribution < -0.4 is 14.8 Å². The van der Waals surface area contributed by atoms with Crippen LogP contribution in [-0.2, 0) is 11.4 Å². The van der Waals surface area contributed by atoms with Crippen molar-refractivity contribution in [3.05, 3.63) is 62.3 Å². The molecule has 30 heavy (non-hydrogen) atoms. The molecule has 0 spiro atoms. The zero-order valence-electron chi connectivity index (χ0n) is 15.9. The summed E-state index contributed by atoms with van der Waals surface area (Å²) in [6.07, 6.45) is 1.65. The number of anilines is 1. The Hall–Kier alpha value is -2.29. The minimum Gasteiger partial charge on any atom is -0.490 e. The van der Waals surface area contributed by atoms with Gasteiger partial charge in [-0.05, 0) is 52.7 Å². The van der Waals surface area contributed by atoms with Crippen molar-refractivity contribution in [3.8, 4) is 11.5 Å². The number of hydrogen-bond donors (Lipinski definition) is 1. The summed E-state index contributed by atoms with van der Waals surface area (Å²) in [7, 11) is 0. The lowest BCUT2D eigenvalue weighted by atomic mass is 10.0. The molecule has 0 bridgehead atoms. The highest BCUT2D eigenvalue weighted by Gasteiger charge is 2.29. The summed E-state index contributed by atoms with van der Waals surface area (Å²) in [4.78, 5) is 16.2. The van der Waals surface area contributed by atoms with Gasteiger partial charge in [0.15, 0.2) is 11.5 Å². The molecule has 1 amide bonds. The van der Waals surface area contributed by atoms with Crippen LogP contribution in [0.4, 0.5) is 5.95 Å². The van der Waals surface area contributed by atoms with Crippen LogP contribution in [0, 0.1) is 0 Å². The Labute approximate surface area is 191 Å². The Morgan fingerprint density at radius 2 is 2.03 bits per heavy atom. The SMILES string of the molecule is CCOc1cc([C@@H]2CC(=O)Nc3ncnn32)cc(Br)c1OCc1c(Cl)cccc1Cl. The molecule has 7 nitrogen and oxygen atoms in total. The third kappa shape index (κ3) is 4.12. The van der Waals surface area contributed by atoms with E-state index in [0.717, 1.165) is 5.56 Å². The number of ether oxygens (including phenoxy) is 2. The first-order valence-electron chi connectivity index (χ1n) is 9.19. The van der Waals surface area contributed by atoms with E-state index in [2.05, 4.69) is 31.3 Å². The minimum absolute atomic E-state index is 0.122. The lowest BCUT2D eigenvalue weighted by molar-refractivity contribution is -0.117. The third-order valence-corrected chi connectivity index (χ3v) is 5.93. The number of nitrogens with one attached hydrogen (secondary N) is 1. The molecule has 0 saturated carbocycles. The van der Waals surface area contributed by atoms with Crippen LogP contribution in [0.5, 0.6) is 11.5 Å². The first kappa shape index (κ1) is 21.0. The van der Waals surface area contributed by atoms with E-state index in [9.17, 15) is 4.79 Å². The van der Waals surface area contributed by atoms with Gasteiger partial charge in [0, 0.05) is 15.6 Å². The van der Waals surface area contributed by atoms with Crippen molar-refractivity contribution in [3.63, 3.8) is 0 Å². The van der Waals surface area contributed by atoms with E-state index < -0.39 is 0 Å². The Morgan fingerprint density at radius 1 is 1.27 bits per heavy atom. The number of aromatic nitrogens is 3. The second-order valence-corrected chi connectivity index (χ2v) is 8.22. The van der Waals surface area contributed by atoms with Crippen LogP contribution in [0.15, 0.2) is 41.1 Å². The maximum atomic E-state index is 12.1. The molecule has 156 valence electrons. The highest BCUT2D eigenvalue weighted by molar-refractivity contribution is 9.10. The Kier molecular flexibility index (Phi) is 6.17. The van der Waals surface area contributed by atoms with Gasteiger partial charge in [-0.15, -0.1) is 0 Å². The number of carbonyl (C=O) groups excluding carboxylic acids is 1. The maximum Gasteiger partial charge on any atom is 0.229 e. The van der Waals surface area contributed by atoms with E-state index in [1.54, 1.807) is 22.9 Å². The van der Waals surface area contributed by atoms with Gasteiger partial charge in [-0.1, -0.05) is 29.3 Å². The van der Waals surface area contributed by atoms with Gasteiger partial charge >= 0.3 is 0 Å². The molecule has 1 atom stereocenters. The molecule has 0 radical (unpaired) electrons. The van der Waals surface area contributed by atoms with Gasteiger partial charge < -0.3 is 9.47 Å². The van der Waals surface area contributed by atoms with Gasteiger partial charge in [-0.2, -0.15) is 10.1 Å². The molecule has 0 saturated heterocycles. The molecule has 1 N–H and O–H groups in total. The Balaban J connectivity index is 1.68. The van der Waals surface area contributed by atoms with Crippen molar-refractivity contribution in [2.24, 2.45) is 0 Å². The van der Waals surface area contributed by atoms with Gasteiger partial charge in [0.25, 0.3) is 0 Å². The summed E-state index contributed by atoms with van der Waals surface area (Å²) in [6, 6.07) is 8.74. The number of fused-ring (bicyclic) bond motifs is 1. The monoisotopic (exact) mass is 510 g/mol. The van der Waals surface area contributed by atoms with Crippen LogP contribution in [0.1, 0.15) is 30.5 Å². The van der Waals surface area contributed by atoms with E-state index >= 15 is 0 Å². The number of hydrogen-bond acceptors (Lipinski definition) is 5. The molecule has 1 aromatic heterocycles. The fourth-order valence-electron chi connectivity index (χ4n) is 3.26. The quantitative estimate of drug-likeness (QED) is 0.488. The highest BCUT2D eigenvalue weighted by atomic mass is 79.9.